The molecule has 28 heavy (non-hydrogen) atoms. The van der Waals surface area contributed by atoms with E-state index in [1.807, 2.05) is 30.3 Å². The average molecular weight is 387 g/mol. The Kier molecular flexibility index (Phi) is 5.84. The molecule has 0 unspecified atom stereocenters. The Balaban J connectivity index is 1.55. The van der Waals surface area contributed by atoms with Gasteiger partial charge in [0.25, 0.3) is 5.91 Å². The summed E-state index contributed by atoms with van der Waals surface area (Å²) in [6.07, 6.45) is -4.56. The Morgan fingerprint density at radius 1 is 0.786 bits per heavy atom. The summed E-state index contributed by atoms with van der Waals surface area (Å²) in [7, 11) is 0. The number of amides is 1. The second-order valence-corrected chi connectivity index (χ2v) is 5.77. The van der Waals surface area contributed by atoms with Gasteiger partial charge in [-0.3, -0.25) is 4.79 Å². The van der Waals surface area contributed by atoms with Gasteiger partial charge in [-0.1, -0.05) is 30.3 Å². The number of hydrogen-bond acceptors (Lipinski definition) is 3. The van der Waals surface area contributed by atoms with Crippen molar-refractivity contribution in [2.24, 2.45) is 0 Å². The SMILES string of the molecule is O=C(COc1ccc(Oc2ccccc2)cc1)Nc1ccccc1C(F)(F)F. The van der Waals surface area contributed by atoms with Crippen molar-refractivity contribution in [3.05, 3.63) is 84.4 Å². The average Bonchev–Trinajstić information content (AvgIpc) is 2.68. The first-order valence-corrected chi connectivity index (χ1v) is 8.34. The van der Waals surface area contributed by atoms with Gasteiger partial charge in [0, 0.05) is 0 Å². The lowest BCUT2D eigenvalue weighted by Gasteiger charge is -2.14. The van der Waals surface area contributed by atoms with Crippen LogP contribution in [0.5, 0.6) is 17.2 Å². The van der Waals surface area contributed by atoms with Gasteiger partial charge in [-0.25, -0.2) is 0 Å². The highest BCUT2D eigenvalue weighted by Gasteiger charge is 2.33. The first kappa shape index (κ1) is 19.3. The van der Waals surface area contributed by atoms with Crippen molar-refractivity contribution in [3.63, 3.8) is 0 Å². The van der Waals surface area contributed by atoms with Gasteiger partial charge in [0.2, 0.25) is 0 Å². The summed E-state index contributed by atoms with van der Waals surface area (Å²) < 4.78 is 49.8. The number of rotatable bonds is 6. The maximum absolute atomic E-state index is 12.9. The number of anilines is 1. The van der Waals surface area contributed by atoms with Crippen molar-refractivity contribution in [1.29, 1.82) is 0 Å². The number of alkyl halides is 3. The third-order valence-corrected chi connectivity index (χ3v) is 3.68. The van der Waals surface area contributed by atoms with Crippen LogP contribution in [-0.4, -0.2) is 12.5 Å². The molecule has 0 saturated heterocycles. The minimum Gasteiger partial charge on any atom is -0.484 e. The summed E-state index contributed by atoms with van der Waals surface area (Å²) in [4.78, 5) is 11.9. The molecule has 3 aromatic rings. The molecular weight excluding hydrogens is 371 g/mol. The van der Waals surface area contributed by atoms with Crippen LogP contribution in [0, 0.1) is 0 Å². The Hall–Kier alpha value is -3.48. The molecule has 0 atom stereocenters. The molecule has 0 spiro atoms. The van der Waals surface area contributed by atoms with E-state index >= 15 is 0 Å². The van der Waals surface area contributed by atoms with Crippen molar-refractivity contribution in [3.8, 4) is 17.2 Å². The van der Waals surface area contributed by atoms with Gasteiger partial charge < -0.3 is 14.8 Å². The fourth-order valence-corrected chi connectivity index (χ4v) is 2.40. The molecule has 0 saturated carbocycles. The highest BCUT2D eigenvalue weighted by atomic mass is 19.4. The molecule has 0 bridgehead atoms. The molecule has 1 N–H and O–H groups in total. The van der Waals surface area contributed by atoms with Crippen molar-refractivity contribution in [2.45, 2.75) is 6.18 Å². The molecule has 7 heteroatoms. The molecule has 4 nitrogen and oxygen atoms in total. The summed E-state index contributed by atoms with van der Waals surface area (Å²) >= 11 is 0. The molecule has 0 aliphatic rings. The van der Waals surface area contributed by atoms with E-state index in [9.17, 15) is 18.0 Å². The standard InChI is InChI=1S/C21H16F3NO3/c22-21(23,24)18-8-4-5-9-19(18)25-20(26)14-27-15-10-12-17(13-11-15)28-16-6-2-1-3-7-16/h1-13H,14H2,(H,25,26). The van der Waals surface area contributed by atoms with Gasteiger partial charge in [-0.15, -0.1) is 0 Å². The summed E-state index contributed by atoms with van der Waals surface area (Å²) in [6.45, 7) is -0.426. The van der Waals surface area contributed by atoms with Crippen molar-refractivity contribution in [1.82, 2.24) is 0 Å². The van der Waals surface area contributed by atoms with Crippen LogP contribution < -0.4 is 14.8 Å². The molecule has 0 aliphatic heterocycles. The van der Waals surface area contributed by atoms with Crippen LogP contribution in [-0.2, 0) is 11.0 Å². The normalized spacial score (nSPS) is 11.0. The number of ether oxygens (including phenoxy) is 2. The number of nitrogens with one attached hydrogen (secondary N) is 1. The van der Waals surface area contributed by atoms with Gasteiger partial charge >= 0.3 is 6.18 Å². The maximum Gasteiger partial charge on any atom is 0.418 e. The lowest BCUT2D eigenvalue weighted by atomic mass is 10.1. The lowest BCUT2D eigenvalue weighted by Crippen LogP contribution is -2.22. The highest BCUT2D eigenvalue weighted by Crippen LogP contribution is 2.34. The van der Waals surface area contributed by atoms with Crippen LogP contribution >= 0.6 is 0 Å². The number of hydrogen-bond donors (Lipinski definition) is 1. The van der Waals surface area contributed by atoms with Crippen molar-refractivity contribution in [2.75, 3.05) is 11.9 Å². The van der Waals surface area contributed by atoms with E-state index < -0.39 is 24.3 Å². The summed E-state index contributed by atoms with van der Waals surface area (Å²) in [5, 5.41) is 2.22. The Morgan fingerprint density at radius 2 is 1.36 bits per heavy atom. The maximum atomic E-state index is 12.9. The predicted molar refractivity (Wildman–Crippen MR) is 98.5 cm³/mol. The van der Waals surface area contributed by atoms with Crippen LogP contribution in [0.2, 0.25) is 0 Å². The largest absolute Gasteiger partial charge is 0.484 e. The molecule has 0 aromatic heterocycles. The third kappa shape index (κ3) is 5.26. The van der Waals surface area contributed by atoms with Crippen LogP contribution in [0.15, 0.2) is 78.9 Å². The fourth-order valence-electron chi connectivity index (χ4n) is 2.40. The molecule has 144 valence electrons. The van der Waals surface area contributed by atoms with Gasteiger partial charge in [-0.05, 0) is 48.5 Å². The minimum atomic E-state index is -4.56. The molecule has 0 radical (unpaired) electrons. The van der Waals surface area contributed by atoms with E-state index in [1.54, 1.807) is 24.3 Å². The van der Waals surface area contributed by atoms with Gasteiger partial charge in [0.15, 0.2) is 6.61 Å². The first-order chi connectivity index (χ1) is 13.4. The van der Waals surface area contributed by atoms with E-state index in [0.29, 0.717) is 17.2 Å². The Labute approximate surface area is 159 Å². The van der Waals surface area contributed by atoms with E-state index in [-0.39, 0.29) is 5.69 Å². The quantitative estimate of drug-likeness (QED) is 0.606. The second-order valence-electron chi connectivity index (χ2n) is 5.77. The smallest absolute Gasteiger partial charge is 0.418 e. The zero-order valence-corrected chi connectivity index (χ0v) is 14.6. The topological polar surface area (TPSA) is 47.6 Å². The number of carbonyl (C=O) groups excluding carboxylic acids is 1. The molecule has 1 amide bonds. The predicted octanol–water partition coefficient (Wildman–Crippen LogP) is 5.52. The lowest BCUT2D eigenvalue weighted by molar-refractivity contribution is -0.137. The van der Waals surface area contributed by atoms with Crippen LogP contribution in [0.3, 0.4) is 0 Å². The molecule has 3 aromatic carbocycles. The Morgan fingerprint density at radius 3 is 2.04 bits per heavy atom. The molecular formula is C21H16F3NO3. The fraction of sp³-hybridized carbons (Fsp3) is 0.0952. The van der Waals surface area contributed by atoms with Crippen LogP contribution in [0.25, 0.3) is 0 Å². The summed E-state index contributed by atoms with van der Waals surface area (Å²) in [5.74, 6) is 0.960. The highest BCUT2D eigenvalue weighted by molar-refractivity contribution is 5.92. The first-order valence-electron chi connectivity index (χ1n) is 8.34. The molecule has 0 fully saturated rings. The van der Waals surface area contributed by atoms with E-state index in [2.05, 4.69) is 5.32 Å². The summed E-state index contributed by atoms with van der Waals surface area (Å²) in [6, 6.07) is 20.5. The van der Waals surface area contributed by atoms with Crippen LogP contribution in [0.4, 0.5) is 18.9 Å². The van der Waals surface area contributed by atoms with Crippen molar-refractivity contribution >= 4 is 11.6 Å². The number of benzene rings is 3. The van der Waals surface area contributed by atoms with Gasteiger partial charge in [0.05, 0.1) is 11.3 Å². The van der Waals surface area contributed by atoms with Gasteiger partial charge in [-0.2, -0.15) is 13.2 Å². The monoisotopic (exact) mass is 387 g/mol. The second kappa shape index (κ2) is 8.47. The van der Waals surface area contributed by atoms with E-state index in [4.69, 9.17) is 9.47 Å². The van der Waals surface area contributed by atoms with Crippen molar-refractivity contribution < 1.29 is 27.4 Å². The molecule has 0 heterocycles. The van der Waals surface area contributed by atoms with E-state index in [1.165, 1.54) is 18.2 Å². The zero-order valence-electron chi connectivity index (χ0n) is 14.6. The van der Waals surface area contributed by atoms with Crippen LogP contribution in [0.1, 0.15) is 5.56 Å². The Bertz CT molecular complexity index is 926. The van der Waals surface area contributed by atoms with Gasteiger partial charge in [0.1, 0.15) is 17.2 Å². The number of carbonyl (C=O) groups is 1. The number of para-hydroxylation sites is 2. The number of halogens is 3. The molecule has 0 aliphatic carbocycles. The summed E-state index contributed by atoms with van der Waals surface area (Å²) in [5.41, 5.74) is -1.22. The zero-order chi connectivity index (χ0) is 20.0. The van der Waals surface area contributed by atoms with E-state index in [0.717, 1.165) is 6.07 Å². The third-order valence-electron chi connectivity index (χ3n) is 3.68. The minimum absolute atomic E-state index is 0.310. The molecule has 3 rings (SSSR count).